The lowest BCUT2D eigenvalue weighted by Crippen LogP contribution is -2.43. The Kier molecular flexibility index (Phi) is 6.93. The van der Waals surface area contributed by atoms with E-state index in [0.29, 0.717) is 11.6 Å². The highest BCUT2D eigenvalue weighted by atomic mass is 19.1. The van der Waals surface area contributed by atoms with Crippen molar-refractivity contribution in [3.63, 3.8) is 0 Å². The molecule has 0 aliphatic heterocycles. The lowest BCUT2D eigenvalue weighted by atomic mass is 10.1. The van der Waals surface area contributed by atoms with Crippen molar-refractivity contribution in [2.75, 3.05) is 6.54 Å². The first-order valence-electron chi connectivity index (χ1n) is 7.90. The lowest BCUT2D eigenvalue weighted by Gasteiger charge is -2.09. The van der Waals surface area contributed by atoms with Gasteiger partial charge >= 0.3 is 0 Å². The molecule has 2 aromatic rings. The van der Waals surface area contributed by atoms with Crippen molar-refractivity contribution < 1.29 is 27.6 Å². The summed E-state index contributed by atoms with van der Waals surface area (Å²) in [6.07, 6.45) is -0.230. The van der Waals surface area contributed by atoms with E-state index in [0.717, 1.165) is 12.1 Å². The number of hydrogen-bond donors (Lipinski definition) is 3. The first-order chi connectivity index (χ1) is 12.8. The zero-order valence-electron chi connectivity index (χ0n) is 14.0. The third-order valence-electron chi connectivity index (χ3n) is 3.43. The van der Waals surface area contributed by atoms with E-state index in [2.05, 4.69) is 16.2 Å². The van der Waals surface area contributed by atoms with E-state index in [1.807, 2.05) is 0 Å². The predicted octanol–water partition coefficient (Wildman–Crippen LogP) is 1.61. The summed E-state index contributed by atoms with van der Waals surface area (Å²) >= 11 is 0. The zero-order valence-corrected chi connectivity index (χ0v) is 14.0. The molecule has 0 aromatic heterocycles. The molecule has 0 spiro atoms. The summed E-state index contributed by atoms with van der Waals surface area (Å²) in [5.41, 5.74) is 4.57. The van der Waals surface area contributed by atoms with Gasteiger partial charge in [-0.2, -0.15) is 0 Å². The molecule has 0 aliphatic rings. The molecule has 0 saturated carbocycles. The van der Waals surface area contributed by atoms with Gasteiger partial charge in [0.05, 0.1) is 12.0 Å². The fourth-order valence-electron chi connectivity index (χ4n) is 2.09. The molecule has 0 heterocycles. The van der Waals surface area contributed by atoms with Crippen LogP contribution in [-0.4, -0.2) is 24.3 Å². The van der Waals surface area contributed by atoms with Gasteiger partial charge in [0.2, 0.25) is 11.8 Å². The number of carbonyl (C=O) groups excluding carboxylic acids is 3. The summed E-state index contributed by atoms with van der Waals surface area (Å²) in [6.45, 7) is -0.116. The monoisotopic (exact) mass is 379 g/mol. The van der Waals surface area contributed by atoms with Gasteiger partial charge in [-0.05, 0) is 29.8 Å². The zero-order chi connectivity index (χ0) is 19.8. The number of hydrazine groups is 1. The Morgan fingerprint density at radius 1 is 0.815 bits per heavy atom. The molecule has 27 heavy (non-hydrogen) atoms. The van der Waals surface area contributed by atoms with E-state index < -0.39 is 35.2 Å². The van der Waals surface area contributed by atoms with Crippen LogP contribution in [0.3, 0.4) is 0 Å². The average molecular weight is 379 g/mol. The quantitative estimate of drug-likeness (QED) is 0.667. The van der Waals surface area contributed by atoms with Crippen molar-refractivity contribution in [3.05, 3.63) is 71.0 Å². The maximum Gasteiger partial charge on any atom is 0.254 e. The minimum absolute atomic E-state index is 0.0544. The Morgan fingerprint density at radius 2 is 1.44 bits per heavy atom. The molecule has 0 saturated heterocycles. The van der Waals surface area contributed by atoms with Gasteiger partial charge in [-0.15, -0.1) is 0 Å². The van der Waals surface area contributed by atoms with Gasteiger partial charge in [-0.25, -0.2) is 13.2 Å². The minimum atomic E-state index is -1.01. The fourth-order valence-corrected chi connectivity index (χ4v) is 2.09. The topological polar surface area (TPSA) is 87.3 Å². The molecule has 0 unspecified atom stereocenters. The standard InChI is InChI=1S/C18H16F3N3O3/c19-12-3-1-11(2-4-12)9-17(26)24-23-16(25)7-8-22-18(27)14-6-5-13(20)10-15(14)21/h1-6,10H,7-9H2,(H,22,27)(H,23,25)(H,24,26). The Balaban J connectivity index is 1.69. The van der Waals surface area contributed by atoms with E-state index in [1.165, 1.54) is 24.3 Å². The van der Waals surface area contributed by atoms with Crippen molar-refractivity contribution in [1.29, 1.82) is 0 Å². The summed E-state index contributed by atoms with van der Waals surface area (Å²) in [7, 11) is 0. The molecule has 142 valence electrons. The molecular weight excluding hydrogens is 363 g/mol. The Bertz CT molecular complexity index is 841. The highest BCUT2D eigenvalue weighted by molar-refractivity contribution is 5.94. The maximum absolute atomic E-state index is 13.4. The van der Waals surface area contributed by atoms with Gasteiger partial charge in [-0.3, -0.25) is 25.2 Å². The SMILES string of the molecule is O=C(CCNC(=O)c1ccc(F)cc1F)NNC(=O)Cc1ccc(F)cc1. The third kappa shape index (κ3) is 6.46. The van der Waals surface area contributed by atoms with Crippen LogP contribution in [0, 0.1) is 17.5 Å². The van der Waals surface area contributed by atoms with Gasteiger partial charge < -0.3 is 5.32 Å². The van der Waals surface area contributed by atoms with Crippen LogP contribution >= 0.6 is 0 Å². The van der Waals surface area contributed by atoms with Crippen LogP contribution in [-0.2, 0) is 16.0 Å². The van der Waals surface area contributed by atoms with Crippen molar-refractivity contribution in [2.24, 2.45) is 0 Å². The van der Waals surface area contributed by atoms with Crippen LogP contribution in [0.15, 0.2) is 42.5 Å². The van der Waals surface area contributed by atoms with Gasteiger partial charge in [-0.1, -0.05) is 12.1 Å². The predicted molar refractivity (Wildman–Crippen MR) is 89.7 cm³/mol. The summed E-state index contributed by atoms with van der Waals surface area (Å²) in [5, 5.41) is 2.31. The number of halogens is 3. The van der Waals surface area contributed by atoms with Gasteiger partial charge in [0.25, 0.3) is 5.91 Å². The molecule has 3 amide bonds. The van der Waals surface area contributed by atoms with E-state index in [1.54, 1.807) is 0 Å². The van der Waals surface area contributed by atoms with Crippen LogP contribution in [0.2, 0.25) is 0 Å². The maximum atomic E-state index is 13.4. The molecule has 0 atom stereocenters. The first-order valence-corrected chi connectivity index (χ1v) is 7.90. The van der Waals surface area contributed by atoms with E-state index in [-0.39, 0.29) is 24.9 Å². The number of carbonyl (C=O) groups is 3. The van der Waals surface area contributed by atoms with Crippen LogP contribution in [0.4, 0.5) is 13.2 Å². The molecule has 0 radical (unpaired) electrons. The van der Waals surface area contributed by atoms with Crippen LogP contribution in [0.1, 0.15) is 22.3 Å². The highest BCUT2D eigenvalue weighted by Crippen LogP contribution is 2.09. The van der Waals surface area contributed by atoms with Gasteiger partial charge in [0.1, 0.15) is 17.5 Å². The van der Waals surface area contributed by atoms with Crippen molar-refractivity contribution in [3.8, 4) is 0 Å². The largest absolute Gasteiger partial charge is 0.351 e. The Morgan fingerprint density at radius 3 is 2.11 bits per heavy atom. The second kappa shape index (κ2) is 9.37. The summed E-state index contributed by atoms with van der Waals surface area (Å²) < 4.78 is 39.0. The smallest absolute Gasteiger partial charge is 0.254 e. The van der Waals surface area contributed by atoms with Crippen molar-refractivity contribution in [1.82, 2.24) is 16.2 Å². The van der Waals surface area contributed by atoms with E-state index in [9.17, 15) is 27.6 Å². The van der Waals surface area contributed by atoms with E-state index in [4.69, 9.17) is 0 Å². The first kappa shape index (κ1) is 20.0. The fraction of sp³-hybridized carbons (Fsp3) is 0.167. The van der Waals surface area contributed by atoms with Crippen molar-refractivity contribution in [2.45, 2.75) is 12.8 Å². The number of nitrogens with one attached hydrogen (secondary N) is 3. The third-order valence-corrected chi connectivity index (χ3v) is 3.43. The van der Waals surface area contributed by atoms with E-state index >= 15 is 0 Å². The molecule has 0 fully saturated rings. The Labute approximate surface area is 152 Å². The summed E-state index contributed by atoms with van der Waals surface area (Å²) in [5.74, 6) is -4.12. The average Bonchev–Trinajstić information content (AvgIpc) is 2.62. The second-order valence-electron chi connectivity index (χ2n) is 5.53. The Hall–Kier alpha value is -3.36. The molecular formula is C18H16F3N3O3. The molecule has 6 nitrogen and oxygen atoms in total. The molecule has 3 N–H and O–H groups in total. The molecule has 0 bridgehead atoms. The normalized spacial score (nSPS) is 10.2. The molecule has 2 rings (SSSR count). The van der Waals surface area contributed by atoms with Gasteiger partial charge in [0, 0.05) is 19.0 Å². The van der Waals surface area contributed by atoms with Gasteiger partial charge in [0.15, 0.2) is 0 Å². The number of hydrogen-bond acceptors (Lipinski definition) is 3. The number of benzene rings is 2. The van der Waals surface area contributed by atoms with Crippen LogP contribution in [0.25, 0.3) is 0 Å². The number of amides is 3. The molecule has 0 aliphatic carbocycles. The van der Waals surface area contributed by atoms with Crippen LogP contribution < -0.4 is 16.2 Å². The second-order valence-corrected chi connectivity index (χ2v) is 5.53. The van der Waals surface area contributed by atoms with Crippen LogP contribution in [0.5, 0.6) is 0 Å². The highest BCUT2D eigenvalue weighted by Gasteiger charge is 2.13. The lowest BCUT2D eigenvalue weighted by molar-refractivity contribution is -0.128. The molecule has 2 aromatic carbocycles. The minimum Gasteiger partial charge on any atom is -0.351 e. The summed E-state index contributed by atoms with van der Waals surface area (Å²) in [6, 6.07) is 7.85. The molecule has 9 heteroatoms. The number of rotatable bonds is 6. The van der Waals surface area contributed by atoms with Crippen molar-refractivity contribution >= 4 is 17.7 Å². The summed E-state index contributed by atoms with van der Waals surface area (Å²) in [4.78, 5) is 35.0.